The number of rotatable bonds is 5. The van der Waals surface area contributed by atoms with Gasteiger partial charge in [-0.25, -0.2) is 10.4 Å². The van der Waals surface area contributed by atoms with Crippen LogP contribution in [-0.2, 0) is 4.79 Å². The van der Waals surface area contributed by atoms with Gasteiger partial charge in [0.2, 0.25) is 0 Å². The van der Waals surface area contributed by atoms with E-state index in [1.807, 2.05) is 0 Å². The number of nitrogens with zero attached hydrogens (tertiary/aromatic N) is 3. The molecule has 5 rings (SSSR count). The second-order valence-electron chi connectivity index (χ2n) is 7.51. The van der Waals surface area contributed by atoms with Gasteiger partial charge in [-0.15, -0.1) is 0 Å². The summed E-state index contributed by atoms with van der Waals surface area (Å²) in [4.78, 5) is 16.0. The van der Waals surface area contributed by atoms with Crippen LogP contribution in [0.2, 0.25) is 0 Å². The van der Waals surface area contributed by atoms with Crippen molar-refractivity contribution in [3.8, 4) is 0 Å². The van der Waals surface area contributed by atoms with Crippen molar-refractivity contribution in [3.05, 3.63) is 6.33 Å². The van der Waals surface area contributed by atoms with Gasteiger partial charge in [0.1, 0.15) is 6.33 Å². The van der Waals surface area contributed by atoms with Gasteiger partial charge in [-0.3, -0.25) is 9.89 Å². The fraction of sp³-hybridized carbons (Fsp3) is 0.750. The normalized spacial score (nSPS) is 35.5. The number of H-pyrrole nitrogens is 1. The average Bonchev–Trinajstić information content (AvgIpc) is 3.02. The fourth-order valence-electron chi connectivity index (χ4n) is 5.25. The standard InChI is InChI=1S/C16H23N5OS/c1-10(19-20-14(22)8-23-15-17-9-18-21-15)16-5-11-2-12(6-16)4-13(3-11)7-16/h9,11-13H,2-8H2,1H3,(H,20,22)(H,17,18,21)/b19-10+. The first kappa shape index (κ1) is 15.2. The average molecular weight is 333 g/mol. The number of hydrogen-bond acceptors (Lipinski definition) is 5. The van der Waals surface area contributed by atoms with E-state index in [4.69, 9.17) is 0 Å². The Labute approximate surface area is 140 Å². The molecule has 1 aromatic heterocycles. The van der Waals surface area contributed by atoms with Gasteiger partial charge in [0.05, 0.1) is 5.75 Å². The van der Waals surface area contributed by atoms with Crippen molar-refractivity contribution < 1.29 is 4.79 Å². The number of thioether (sulfide) groups is 1. The minimum absolute atomic E-state index is 0.0875. The molecule has 0 radical (unpaired) electrons. The number of hydrazone groups is 1. The summed E-state index contributed by atoms with van der Waals surface area (Å²) in [6.07, 6.45) is 9.53. The van der Waals surface area contributed by atoms with Crippen molar-refractivity contribution >= 4 is 23.4 Å². The highest BCUT2D eigenvalue weighted by molar-refractivity contribution is 7.99. The number of carbonyl (C=O) groups excluding carboxylic acids is 1. The number of aromatic nitrogens is 3. The summed E-state index contributed by atoms with van der Waals surface area (Å²) in [6.45, 7) is 2.11. The van der Waals surface area contributed by atoms with E-state index in [1.165, 1.54) is 56.6 Å². The third-order valence-corrected chi connectivity index (χ3v) is 6.76. The molecule has 4 bridgehead atoms. The van der Waals surface area contributed by atoms with E-state index in [2.05, 4.69) is 32.6 Å². The summed E-state index contributed by atoms with van der Waals surface area (Å²) >= 11 is 1.34. The fourth-order valence-corrected chi connectivity index (χ4v) is 5.82. The summed E-state index contributed by atoms with van der Waals surface area (Å²) in [5.74, 6) is 2.89. The van der Waals surface area contributed by atoms with Crippen LogP contribution in [0.4, 0.5) is 0 Å². The Hall–Kier alpha value is -1.37. The van der Waals surface area contributed by atoms with E-state index in [-0.39, 0.29) is 11.3 Å². The summed E-state index contributed by atoms with van der Waals surface area (Å²) in [5.41, 5.74) is 4.13. The van der Waals surface area contributed by atoms with Crippen molar-refractivity contribution in [2.75, 3.05) is 5.75 Å². The lowest BCUT2D eigenvalue weighted by Gasteiger charge is -2.56. The van der Waals surface area contributed by atoms with Crippen molar-refractivity contribution in [2.45, 2.75) is 50.6 Å². The Balaban J connectivity index is 1.36. The van der Waals surface area contributed by atoms with Crippen molar-refractivity contribution in [1.29, 1.82) is 0 Å². The zero-order valence-electron chi connectivity index (χ0n) is 13.4. The van der Waals surface area contributed by atoms with Crippen molar-refractivity contribution in [3.63, 3.8) is 0 Å². The van der Waals surface area contributed by atoms with Crippen LogP contribution >= 0.6 is 11.8 Å². The van der Waals surface area contributed by atoms with E-state index in [9.17, 15) is 4.79 Å². The van der Waals surface area contributed by atoms with Gasteiger partial charge in [-0.05, 0) is 63.2 Å². The first-order chi connectivity index (χ1) is 11.1. The van der Waals surface area contributed by atoms with Crippen molar-refractivity contribution in [1.82, 2.24) is 20.6 Å². The summed E-state index contributed by atoms with van der Waals surface area (Å²) in [6, 6.07) is 0. The highest BCUT2D eigenvalue weighted by Crippen LogP contribution is 2.60. The number of aromatic amines is 1. The van der Waals surface area contributed by atoms with Crippen LogP contribution in [0.1, 0.15) is 45.4 Å². The summed E-state index contributed by atoms with van der Waals surface area (Å²) in [5, 5.41) is 11.6. The molecule has 7 heteroatoms. The van der Waals surface area contributed by atoms with Crippen LogP contribution in [0.5, 0.6) is 0 Å². The highest BCUT2D eigenvalue weighted by Gasteiger charge is 2.52. The van der Waals surface area contributed by atoms with Crippen LogP contribution in [0.3, 0.4) is 0 Å². The number of nitrogens with one attached hydrogen (secondary N) is 2. The second kappa shape index (κ2) is 5.92. The van der Waals surface area contributed by atoms with Gasteiger partial charge >= 0.3 is 0 Å². The maximum absolute atomic E-state index is 12.0. The topological polar surface area (TPSA) is 83.0 Å². The van der Waals surface area contributed by atoms with E-state index < -0.39 is 0 Å². The van der Waals surface area contributed by atoms with E-state index >= 15 is 0 Å². The third-order valence-electron chi connectivity index (χ3n) is 5.89. The SMILES string of the molecule is C/C(=N\NC(=O)CSc1ncn[nH]1)C12CC3CC(CC(C3)C1)C2. The Morgan fingerprint density at radius 2 is 2.00 bits per heavy atom. The maximum atomic E-state index is 12.0. The molecule has 0 aliphatic heterocycles. The Morgan fingerprint density at radius 3 is 2.57 bits per heavy atom. The predicted molar refractivity (Wildman–Crippen MR) is 89.0 cm³/mol. The molecule has 23 heavy (non-hydrogen) atoms. The molecule has 0 saturated heterocycles. The van der Waals surface area contributed by atoms with Gasteiger partial charge in [-0.2, -0.15) is 10.2 Å². The Morgan fingerprint density at radius 1 is 1.35 bits per heavy atom. The molecule has 0 atom stereocenters. The molecule has 0 aromatic carbocycles. The molecule has 6 nitrogen and oxygen atoms in total. The van der Waals surface area contributed by atoms with Gasteiger partial charge in [0.15, 0.2) is 5.16 Å². The van der Waals surface area contributed by atoms with Crippen molar-refractivity contribution in [2.24, 2.45) is 28.3 Å². The molecule has 1 aromatic rings. The molecule has 0 unspecified atom stereocenters. The Kier molecular flexibility index (Phi) is 3.91. The van der Waals surface area contributed by atoms with Gasteiger partial charge in [0, 0.05) is 11.1 Å². The molecule has 4 aliphatic carbocycles. The molecule has 1 amide bonds. The summed E-state index contributed by atoms with van der Waals surface area (Å²) < 4.78 is 0. The third kappa shape index (κ3) is 3.03. The molecule has 4 aliphatic rings. The molecule has 2 N–H and O–H groups in total. The molecular weight excluding hydrogens is 310 g/mol. The number of carbonyl (C=O) groups is 1. The van der Waals surface area contributed by atoms with Gasteiger partial charge < -0.3 is 0 Å². The minimum Gasteiger partial charge on any atom is -0.272 e. The minimum atomic E-state index is -0.0875. The lowest BCUT2D eigenvalue weighted by atomic mass is 9.48. The molecule has 4 saturated carbocycles. The predicted octanol–water partition coefficient (Wildman–Crippen LogP) is 2.61. The quantitative estimate of drug-likeness (QED) is 0.493. The summed E-state index contributed by atoms with van der Waals surface area (Å²) in [7, 11) is 0. The monoisotopic (exact) mass is 333 g/mol. The number of amides is 1. The van der Waals surface area contributed by atoms with Crippen LogP contribution in [0, 0.1) is 23.2 Å². The highest BCUT2D eigenvalue weighted by atomic mass is 32.2. The smallest absolute Gasteiger partial charge is 0.250 e. The van der Waals surface area contributed by atoms with Crippen LogP contribution < -0.4 is 5.43 Å². The zero-order chi connectivity index (χ0) is 15.9. The largest absolute Gasteiger partial charge is 0.272 e. The second-order valence-corrected chi connectivity index (χ2v) is 8.47. The maximum Gasteiger partial charge on any atom is 0.250 e. The molecule has 124 valence electrons. The van der Waals surface area contributed by atoms with E-state index in [0.717, 1.165) is 23.5 Å². The first-order valence-electron chi connectivity index (χ1n) is 8.45. The molecule has 4 fully saturated rings. The Bertz CT molecular complexity index is 577. The van der Waals surface area contributed by atoms with E-state index in [0.29, 0.717) is 10.9 Å². The van der Waals surface area contributed by atoms with Crippen LogP contribution in [-0.4, -0.2) is 32.6 Å². The van der Waals surface area contributed by atoms with Gasteiger partial charge in [-0.1, -0.05) is 11.8 Å². The lowest BCUT2D eigenvalue weighted by molar-refractivity contribution is -0.118. The molecule has 1 heterocycles. The number of hydrogen-bond donors (Lipinski definition) is 2. The molecular formula is C16H23N5OS. The zero-order valence-corrected chi connectivity index (χ0v) is 14.2. The van der Waals surface area contributed by atoms with Gasteiger partial charge in [0.25, 0.3) is 5.91 Å². The van der Waals surface area contributed by atoms with Crippen LogP contribution in [0.25, 0.3) is 0 Å². The van der Waals surface area contributed by atoms with E-state index in [1.54, 1.807) is 0 Å². The lowest BCUT2D eigenvalue weighted by Crippen LogP contribution is -2.49. The molecule has 0 spiro atoms. The first-order valence-corrected chi connectivity index (χ1v) is 9.43. The van der Waals surface area contributed by atoms with Crippen LogP contribution in [0.15, 0.2) is 16.6 Å².